The third kappa shape index (κ3) is 3.00. The van der Waals surface area contributed by atoms with Crippen molar-refractivity contribution in [2.45, 2.75) is 25.5 Å². The van der Waals surface area contributed by atoms with Crippen molar-refractivity contribution in [1.82, 2.24) is 5.32 Å². The Morgan fingerprint density at radius 1 is 1.46 bits per heavy atom. The van der Waals surface area contributed by atoms with Gasteiger partial charge in [0.1, 0.15) is 5.54 Å². The van der Waals surface area contributed by atoms with E-state index in [0.29, 0.717) is 0 Å². The molecule has 2 unspecified atom stereocenters. The molecule has 0 aromatic heterocycles. The number of rotatable bonds is 5. The van der Waals surface area contributed by atoms with Gasteiger partial charge in [-0.25, -0.2) is 0 Å². The van der Waals surface area contributed by atoms with Gasteiger partial charge in [-0.1, -0.05) is 0 Å². The van der Waals surface area contributed by atoms with Crippen LogP contribution in [0.1, 0.15) is 13.8 Å². The fourth-order valence-corrected chi connectivity index (χ4v) is 0.661. The van der Waals surface area contributed by atoms with Gasteiger partial charge in [-0.15, -0.1) is 0 Å². The second-order valence-corrected chi connectivity index (χ2v) is 2.93. The van der Waals surface area contributed by atoms with Crippen molar-refractivity contribution >= 4 is 11.9 Å². The third-order valence-electron chi connectivity index (χ3n) is 1.89. The van der Waals surface area contributed by atoms with Crippen molar-refractivity contribution in [2.75, 3.05) is 6.54 Å². The van der Waals surface area contributed by atoms with Gasteiger partial charge in [0, 0.05) is 0 Å². The molecule has 0 bridgehead atoms. The smallest absolute Gasteiger partial charge is 0.326 e. The Kier molecular flexibility index (Phi) is 3.83. The highest BCUT2D eigenvalue weighted by atomic mass is 16.4. The number of carboxylic acids is 2. The van der Waals surface area contributed by atoms with E-state index in [4.69, 9.17) is 15.3 Å². The van der Waals surface area contributed by atoms with E-state index in [1.807, 2.05) is 0 Å². The lowest BCUT2D eigenvalue weighted by molar-refractivity contribution is -0.149. The minimum atomic E-state index is -1.63. The van der Waals surface area contributed by atoms with Crippen molar-refractivity contribution in [3.63, 3.8) is 0 Å². The fraction of sp³-hybridized carbons (Fsp3) is 0.714. The molecule has 0 aromatic rings. The van der Waals surface area contributed by atoms with Crippen LogP contribution in [-0.2, 0) is 9.59 Å². The Hall–Kier alpha value is -1.14. The summed E-state index contributed by atoms with van der Waals surface area (Å²) in [5, 5.41) is 28.4. The van der Waals surface area contributed by atoms with Crippen LogP contribution in [0, 0.1) is 0 Å². The van der Waals surface area contributed by atoms with Crippen LogP contribution in [0.3, 0.4) is 0 Å². The van der Waals surface area contributed by atoms with Crippen LogP contribution in [0.2, 0.25) is 0 Å². The molecule has 0 aliphatic heterocycles. The van der Waals surface area contributed by atoms with E-state index >= 15 is 0 Å². The molecule has 13 heavy (non-hydrogen) atoms. The molecular weight excluding hydrogens is 178 g/mol. The molecule has 0 fully saturated rings. The van der Waals surface area contributed by atoms with Crippen LogP contribution >= 0.6 is 0 Å². The zero-order valence-corrected chi connectivity index (χ0v) is 7.44. The first kappa shape index (κ1) is 11.9. The van der Waals surface area contributed by atoms with E-state index in [1.165, 1.54) is 13.8 Å². The van der Waals surface area contributed by atoms with Gasteiger partial charge in [0.2, 0.25) is 0 Å². The van der Waals surface area contributed by atoms with Crippen LogP contribution in [0.25, 0.3) is 0 Å². The quantitative estimate of drug-likeness (QED) is 0.438. The molecule has 2 atom stereocenters. The number of hydrogen-bond donors (Lipinski definition) is 4. The summed E-state index contributed by atoms with van der Waals surface area (Å²) in [6.45, 7) is 2.00. The number of hydrogen-bond acceptors (Lipinski definition) is 4. The van der Waals surface area contributed by atoms with E-state index < -0.39 is 30.1 Å². The van der Waals surface area contributed by atoms with Gasteiger partial charge < -0.3 is 15.3 Å². The van der Waals surface area contributed by atoms with Gasteiger partial charge in [0.15, 0.2) is 0 Å². The van der Waals surface area contributed by atoms with E-state index in [0.717, 1.165) is 0 Å². The van der Waals surface area contributed by atoms with Gasteiger partial charge >= 0.3 is 11.9 Å². The molecule has 0 saturated heterocycles. The summed E-state index contributed by atoms with van der Waals surface area (Å²) in [5.74, 6) is -2.46. The van der Waals surface area contributed by atoms with Gasteiger partial charge in [-0.2, -0.15) is 0 Å². The fourth-order valence-electron chi connectivity index (χ4n) is 0.661. The van der Waals surface area contributed by atoms with E-state index in [2.05, 4.69) is 5.32 Å². The number of aliphatic hydroxyl groups excluding tert-OH is 1. The molecule has 0 rings (SSSR count). The first-order valence-corrected chi connectivity index (χ1v) is 3.69. The molecule has 0 radical (unpaired) electrons. The molecule has 6 nitrogen and oxygen atoms in total. The maximum atomic E-state index is 10.7. The Bertz CT molecular complexity index is 215. The van der Waals surface area contributed by atoms with Gasteiger partial charge in [0.25, 0.3) is 0 Å². The monoisotopic (exact) mass is 191 g/mol. The van der Waals surface area contributed by atoms with Crippen molar-refractivity contribution in [3.8, 4) is 0 Å². The minimum absolute atomic E-state index is 0.506. The summed E-state index contributed by atoms with van der Waals surface area (Å²) < 4.78 is 0. The Labute approximate surface area is 75.2 Å². The van der Waals surface area contributed by atoms with Crippen molar-refractivity contribution < 1.29 is 24.9 Å². The molecule has 0 saturated carbocycles. The number of aliphatic hydroxyl groups is 1. The lowest BCUT2D eigenvalue weighted by atomic mass is 9.96. The second kappa shape index (κ2) is 4.20. The maximum absolute atomic E-state index is 10.7. The van der Waals surface area contributed by atoms with E-state index in [-0.39, 0.29) is 0 Å². The Morgan fingerprint density at radius 2 is 1.92 bits per heavy atom. The average molecular weight is 191 g/mol. The van der Waals surface area contributed by atoms with Gasteiger partial charge in [-0.05, 0) is 13.8 Å². The highest BCUT2D eigenvalue weighted by Crippen LogP contribution is 2.09. The molecular formula is C7H13NO5. The summed E-state index contributed by atoms with van der Waals surface area (Å²) in [6.07, 6.45) is -1.18. The summed E-state index contributed by atoms with van der Waals surface area (Å²) in [6, 6.07) is 0. The summed E-state index contributed by atoms with van der Waals surface area (Å²) >= 11 is 0. The average Bonchev–Trinajstić information content (AvgIpc) is 1.99. The SMILES string of the molecule is CC(O)C(C)(NCC(=O)O)C(=O)O. The number of aliphatic carboxylic acids is 2. The summed E-state index contributed by atoms with van der Waals surface area (Å²) in [7, 11) is 0. The molecule has 4 N–H and O–H groups in total. The van der Waals surface area contributed by atoms with E-state index in [1.54, 1.807) is 0 Å². The highest BCUT2D eigenvalue weighted by Gasteiger charge is 2.38. The van der Waals surface area contributed by atoms with Crippen LogP contribution < -0.4 is 5.32 Å². The van der Waals surface area contributed by atoms with Crippen molar-refractivity contribution in [3.05, 3.63) is 0 Å². The molecule has 0 aliphatic carbocycles. The predicted octanol–water partition coefficient (Wildman–Crippen LogP) is -1.12. The standard InChI is InChI=1S/C7H13NO5/c1-4(9)7(2,6(12)13)8-3-5(10)11/h4,8-9H,3H2,1-2H3,(H,10,11)(H,12,13). The normalized spacial score (nSPS) is 17.5. The second-order valence-electron chi connectivity index (χ2n) is 2.93. The largest absolute Gasteiger partial charge is 0.480 e. The van der Waals surface area contributed by atoms with Crippen LogP contribution in [-0.4, -0.2) is 45.4 Å². The van der Waals surface area contributed by atoms with Crippen molar-refractivity contribution in [2.24, 2.45) is 0 Å². The summed E-state index contributed by atoms with van der Waals surface area (Å²) in [5.41, 5.74) is -1.63. The number of carboxylic acid groups (broad SMARTS) is 2. The van der Waals surface area contributed by atoms with E-state index in [9.17, 15) is 9.59 Å². The molecule has 0 aromatic carbocycles. The molecule has 0 heterocycles. The Balaban J connectivity index is 4.43. The highest BCUT2D eigenvalue weighted by molar-refractivity contribution is 5.80. The zero-order valence-electron chi connectivity index (χ0n) is 7.44. The molecule has 0 amide bonds. The third-order valence-corrected chi connectivity index (χ3v) is 1.89. The van der Waals surface area contributed by atoms with Gasteiger partial charge in [0.05, 0.1) is 12.6 Å². The van der Waals surface area contributed by atoms with Crippen LogP contribution in [0.4, 0.5) is 0 Å². The zero-order chi connectivity index (χ0) is 10.6. The lowest BCUT2D eigenvalue weighted by Crippen LogP contribution is -2.58. The van der Waals surface area contributed by atoms with Gasteiger partial charge in [-0.3, -0.25) is 14.9 Å². The predicted molar refractivity (Wildman–Crippen MR) is 43.4 cm³/mol. The van der Waals surface area contributed by atoms with Crippen LogP contribution in [0.5, 0.6) is 0 Å². The first-order chi connectivity index (χ1) is 5.80. The molecule has 6 heteroatoms. The first-order valence-electron chi connectivity index (χ1n) is 3.69. The minimum Gasteiger partial charge on any atom is -0.480 e. The number of carbonyl (C=O) groups is 2. The van der Waals surface area contributed by atoms with Crippen LogP contribution in [0.15, 0.2) is 0 Å². The lowest BCUT2D eigenvalue weighted by Gasteiger charge is -2.28. The Morgan fingerprint density at radius 3 is 2.15 bits per heavy atom. The topological polar surface area (TPSA) is 107 Å². The maximum Gasteiger partial charge on any atom is 0.326 e. The summed E-state index contributed by atoms with van der Waals surface area (Å²) in [4.78, 5) is 20.8. The molecule has 0 spiro atoms. The molecule has 0 aliphatic rings. The van der Waals surface area contributed by atoms with Crippen molar-refractivity contribution in [1.29, 1.82) is 0 Å². The number of nitrogens with one attached hydrogen (secondary N) is 1. The molecule has 76 valence electrons.